The molecule has 0 aliphatic heterocycles. The zero-order valence-electron chi connectivity index (χ0n) is 17.8. The number of nitrogens with zero attached hydrogens (tertiary/aromatic N) is 5. The molecule has 1 N–H and O–H groups in total. The average molecular weight is 506 g/mol. The molecule has 2 heterocycles. The quantitative estimate of drug-likeness (QED) is 0.502. The number of rotatable bonds is 5. The minimum absolute atomic E-state index is 0.0574. The van der Waals surface area contributed by atoms with Crippen LogP contribution in [0.1, 0.15) is 44.1 Å². The van der Waals surface area contributed by atoms with E-state index in [0.29, 0.717) is 34.2 Å². The molecule has 2 aromatic heterocycles. The van der Waals surface area contributed by atoms with Crippen LogP contribution in [0.3, 0.4) is 0 Å². The predicted octanol–water partition coefficient (Wildman–Crippen LogP) is 5.42. The number of amides is 1. The van der Waals surface area contributed by atoms with Gasteiger partial charge < -0.3 is 5.32 Å². The molecule has 7 nitrogen and oxygen atoms in total. The van der Waals surface area contributed by atoms with Crippen LogP contribution in [0.5, 0.6) is 0 Å². The Morgan fingerprint density at radius 3 is 2.58 bits per heavy atom. The van der Waals surface area contributed by atoms with Crippen molar-refractivity contribution in [2.75, 3.05) is 5.32 Å². The number of anilines is 1. The Hall–Kier alpha value is -2.09. The third kappa shape index (κ3) is 3.74. The van der Waals surface area contributed by atoms with Crippen molar-refractivity contribution in [1.82, 2.24) is 24.5 Å². The van der Waals surface area contributed by atoms with E-state index in [1.807, 2.05) is 23.0 Å². The monoisotopic (exact) mass is 504 g/mol. The maximum atomic E-state index is 13.6. The van der Waals surface area contributed by atoms with E-state index in [2.05, 4.69) is 20.5 Å². The Morgan fingerprint density at radius 1 is 1.09 bits per heavy atom. The number of benzene rings is 1. The van der Waals surface area contributed by atoms with Crippen molar-refractivity contribution in [1.29, 1.82) is 0 Å². The largest absolute Gasteiger partial charge is 0.309 e. The van der Waals surface area contributed by atoms with E-state index in [1.54, 1.807) is 23.1 Å². The fourth-order valence-electron chi connectivity index (χ4n) is 6.81. The first-order valence-electron chi connectivity index (χ1n) is 11.2. The molecule has 172 valence electrons. The number of carbonyl (C=O) groups is 1. The standard InChI is InChI=1S/C23H23Cl3N6O/c24-17-2-1-16(18(25)6-17)11-31-4-3-19(29-31)28-20(33)22-7-14-5-15(8-22)10-23(9-14,12-22)32-13-27-21(26)30-32/h1-4,6,13-15H,5,7-12H2,(H,28,29,33). The van der Waals surface area contributed by atoms with E-state index in [4.69, 9.17) is 34.8 Å². The number of aromatic nitrogens is 5. The lowest BCUT2D eigenvalue weighted by molar-refractivity contribution is -0.150. The molecular weight excluding hydrogens is 483 g/mol. The Morgan fingerprint density at radius 2 is 1.88 bits per heavy atom. The first-order valence-corrected chi connectivity index (χ1v) is 12.3. The fraction of sp³-hybridized carbons (Fsp3) is 0.478. The molecule has 2 atom stereocenters. The summed E-state index contributed by atoms with van der Waals surface area (Å²) in [6.45, 7) is 0.497. The summed E-state index contributed by atoms with van der Waals surface area (Å²) in [6.07, 6.45) is 9.43. The molecule has 0 spiro atoms. The second-order valence-corrected chi connectivity index (χ2v) is 11.2. The highest BCUT2D eigenvalue weighted by Gasteiger charge is 2.61. The molecule has 1 amide bonds. The van der Waals surface area contributed by atoms with Gasteiger partial charge in [0, 0.05) is 22.3 Å². The fourth-order valence-corrected chi connectivity index (χ4v) is 7.40. The molecular formula is C23H23Cl3N6O. The second-order valence-electron chi connectivity index (χ2n) is 10.0. The van der Waals surface area contributed by atoms with Crippen LogP contribution in [-0.4, -0.2) is 30.5 Å². The van der Waals surface area contributed by atoms with E-state index in [0.717, 1.165) is 37.7 Å². The topological polar surface area (TPSA) is 77.6 Å². The number of halogens is 3. The van der Waals surface area contributed by atoms with E-state index < -0.39 is 5.41 Å². The first-order chi connectivity index (χ1) is 15.8. The van der Waals surface area contributed by atoms with Crippen LogP contribution >= 0.6 is 34.8 Å². The molecule has 0 saturated heterocycles. The number of nitrogens with one attached hydrogen (secondary N) is 1. The molecule has 1 aromatic carbocycles. The van der Waals surface area contributed by atoms with Crippen molar-refractivity contribution in [3.63, 3.8) is 0 Å². The Bertz CT molecular complexity index is 1220. The van der Waals surface area contributed by atoms with Crippen LogP contribution in [-0.2, 0) is 16.9 Å². The minimum atomic E-state index is -0.411. The van der Waals surface area contributed by atoms with Crippen LogP contribution in [0.4, 0.5) is 5.82 Å². The SMILES string of the molecule is O=C(Nc1ccn(Cc2ccc(Cl)cc2Cl)n1)C12CC3CC(C1)CC(n1cnc(Cl)n1)(C3)C2. The second kappa shape index (κ2) is 7.72. The van der Waals surface area contributed by atoms with Gasteiger partial charge in [-0.05, 0) is 79.7 Å². The highest BCUT2D eigenvalue weighted by atomic mass is 35.5. The molecule has 4 aliphatic carbocycles. The van der Waals surface area contributed by atoms with Gasteiger partial charge >= 0.3 is 0 Å². The third-order valence-electron chi connectivity index (χ3n) is 7.69. The van der Waals surface area contributed by atoms with Crippen molar-refractivity contribution < 1.29 is 4.79 Å². The van der Waals surface area contributed by atoms with E-state index in [9.17, 15) is 4.79 Å². The lowest BCUT2D eigenvalue weighted by atomic mass is 9.46. The molecule has 7 rings (SSSR count). The van der Waals surface area contributed by atoms with Crippen LogP contribution in [0.2, 0.25) is 15.3 Å². The van der Waals surface area contributed by atoms with Gasteiger partial charge in [-0.1, -0.05) is 29.3 Å². The van der Waals surface area contributed by atoms with Gasteiger partial charge in [-0.25, -0.2) is 9.67 Å². The van der Waals surface area contributed by atoms with Crippen molar-refractivity contribution in [2.24, 2.45) is 17.3 Å². The van der Waals surface area contributed by atoms with Gasteiger partial charge in [-0.3, -0.25) is 9.48 Å². The molecule has 3 aromatic rings. The Kier molecular flexibility index (Phi) is 5.02. The molecule has 10 heteroatoms. The van der Waals surface area contributed by atoms with Gasteiger partial charge in [0.1, 0.15) is 6.33 Å². The molecule has 4 saturated carbocycles. The van der Waals surface area contributed by atoms with Crippen LogP contribution < -0.4 is 5.32 Å². The molecule has 0 radical (unpaired) electrons. The van der Waals surface area contributed by atoms with Crippen LogP contribution in [0.25, 0.3) is 0 Å². The molecule has 4 fully saturated rings. The third-order valence-corrected chi connectivity index (χ3v) is 8.45. The summed E-state index contributed by atoms with van der Waals surface area (Å²) >= 11 is 18.3. The van der Waals surface area contributed by atoms with Gasteiger partial charge in [-0.2, -0.15) is 5.10 Å². The van der Waals surface area contributed by atoms with Crippen LogP contribution in [0, 0.1) is 17.3 Å². The Balaban J connectivity index is 1.21. The molecule has 4 aliphatic rings. The summed E-state index contributed by atoms with van der Waals surface area (Å²) < 4.78 is 3.70. The van der Waals surface area contributed by atoms with Crippen molar-refractivity contribution in [3.8, 4) is 0 Å². The molecule has 2 unspecified atom stereocenters. The summed E-state index contributed by atoms with van der Waals surface area (Å²) in [5.41, 5.74) is 0.328. The van der Waals surface area contributed by atoms with Crippen molar-refractivity contribution in [2.45, 2.75) is 50.6 Å². The van der Waals surface area contributed by atoms with Gasteiger partial charge in [-0.15, -0.1) is 5.10 Å². The van der Waals surface area contributed by atoms with E-state index in [1.165, 1.54) is 6.42 Å². The normalized spacial score (nSPS) is 30.0. The smallest absolute Gasteiger partial charge is 0.242 e. The summed E-state index contributed by atoms with van der Waals surface area (Å²) in [7, 11) is 0. The predicted molar refractivity (Wildman–Crippen MR) is 127 cm³/mol. The highest BCUT2D eigenvalue weighted by molar-refractivity contribution is 6.35. The lowest BCUT2D eigenvalue weighted by Crippen LogP contribution is -2.60. The Labute approximate surface area is 206 Å². The van der Waals surface area contributed by atoms with E-state index >= 15 is 0 Å². The highest BCUT2D eigenvalue weighted by Crippen LogP contribution is 2.64. The maximum Gasteiger partial charge on any atom is 0.242 e. The zero-order chi connectivity index (χ0) is 22.8. The first kappa shape index (κ1) is 21.4. The average Bonchev–Trinajstić information content (AvgIpc) is 3.38. The van der Waals surface area contributed by atoms with Crippen molar-refractivity contribution in [3.05, 3.63) is 57.7 Å². The lowest BCUT2D eigenvalue weighted by Gasteiger charge is -2.60. The summed E-state index contributed by atoms with van der Waals surface area (Å²) in [5.74, 6) is 1.65. The number of carbonyl (C=O) groups excluding carboxylic acids is 1. The number of hydrogen-bond acceptors (Lipinski definition) is 4. The van der Waals surface area contributed by atoms with Crippen molar-refractivity contribution >= 4 is 46.5 Å². The van der Waals surface area contributed by atoms with Gasteiger partial charge in [0.05, 0.1) is 17.5 Å². The van der Waals surface area contributed by atoms with Gasteiger partial charge in [0.2, 0.25) is 11.2 Å². The number of hydrogen-bond donors (Lipinski definition) is 1. The summed E-state index contributed by atoms with van der Waals surface area (Å²) in [4.78, 5) is 17.8. The van der Waals surface area contributed by atoms with Crippen LogP contribution in [0.15, 0.2) is 36.8 Å². The van der Waals surface area contributed by atoms with Gasteiger partial charge in [0.15, 0.2) is 5.82 Å². The summed E-state index contributed by atoms with van der Waals surface area (Å²) in [5, 5.41) is 13.6. The van der Waals surface area contributed by atoms with E-state index in [-0.39, 0.29) is 16.7 Å². The molecule has 4 bridgehead atoms. The van der Waals surface area contributed by atoms with Gasteiger partial charge in [0.25, 0.3) is 0 Å². The maximum absolute atomic E-state index is 13.6. The summed E-state index contributed by atoms with van der Waals surface area (Å²) in [6, 6.07) is 7.24. The minimum Gasteiger partial charge on any atom is -0.309 e. The zero-order valence-corrected chi connectivity index (χ0v) is 20.1. The molecule has 33 heavy (non-hydrogen) atoms.